The Bertz CT molecular complexity index is 1240. The van der Waals surface area contributed by atoms with E-state index in [1.54, 1.807) is 0 Å². The Morgan fingerprint density at radius 3 is 2.23 bits per heavy atom. The average Bonchev–Trinajstić information content (AvgIpc) is 3.36. The van der Waals surface area contributed by atoms with E-state index < -0.39 is 36.4 Å². The quantitative estimate of drug-likeness (QED) is 0.244. The van der Waals surface area contributed by atoms with Gasteiger partial charge in [-0.3, -0.25) is 0 Å². The van der Waals surface area contributed by atoms with Crippen molar-refractivity contribution in [1.82, 2.24) is 14.3 Å². The van der Waals surface area contributed by atoms with Gasteiger partial charge in [0.05, 0.1) is 34.1 Å². The van der Waals surface area contributed by atoms with Crippen molar-refractivity contribution < 1.29 is 45.0 Å². The molecular formula is C20H14BrClF7N3O3. The molecule has 0 radical (unpaired) electrons. The Hall–Kier alpha value is -2.58. The van der Waals surface area contributed by atoms with Crippen LogP contribution in [0.25, 0.3) is 16.9 Å². The first-order chi connectivity index (χ1) is 16.2. The number of aromatic nitrogens is 3. The molecule has 0 aliphatic carbocycles. The monoisotopic (exact) mass is 591 g/mol. The molecule has 0 spiro atoms. The van der Waals surface area contributed by atoms with E-state index in [1.807, 2.05) is 0 Å². The molecule has 0 amide bonds. The molecule has 0 bridgehead atoms. The van der Waals surface area contributed by atoms with Gasteiger partial charge in [0.25, 0.3) is 0 Å². The highest BCUT2D eigenvalue weighted by Crippen LogP contribution is 2.54. The zero-order valence-electron chi connectivity index (χ0n) is 17.6. The molecule has 0 saturated carbocycles. The lowest BCUT2D eigenvalue weighted by Crippen LogP contribution is -2.51. The zero-order valence-corrected chi connectivity index (χ0v) is 20.0. The predicted molar refractivity (Wildman–Crippen MR) is 113 cm³/mol. The molecule has 35 heavy (non-hydrogen) atoms. The third-order valence-electron chi connectivity index (χ3n) is 4.92. The minimum atomic E-state index is -6.32. The number of benzene rings is 1. The van der Waals surface area contributed by atoms with Gasteiger partial charge in [0, 0.05) is 18.9 Å². The molecule has 0 saturated heterocycles. The SMILES string of the molecule is COCn1c(C(F)(C(F)(F)F)C(F)(F)F)cc(Br)c1-n1cc(-c2ccc(Cl)c(C(=O)OC)c2)cn1. The van der Waals surface area contributed by atoms with Gasteiger partial charge < -0.3 is 14.0 Å². The van der Waals surface area contributed by atoms with Crippen LogP contribution in [-0.4, -0.2) is 46.9 Å². The normalized spacial score (nSPS) is 12.8. The molecule has 2 aromatic heterocycles. The Morgan fingerprint density at radius 2 is 1.69 bits per heavy atom. The maximum Gasteiger partial charge on any atom is 0.437 e. The summed E-state index contributed by atoms with van der Waals surface area (Å²) in [5.41, 5.74) is -6.74. The molecular weight excluding hydrogens is 579 g/mol. The number of esters is 1. The zero-order chi connectivity index (χ0) is 26.3. The van der Waals surface area contributed by atoms with Crippen molar-refractivity contribution in [2.24, 2.45) is 0 Å². The van der Waals surface area contributed by atoms with Crippen LogP contribution in [0.15, 0.2) is 41.1 Å². The van der Waals surface area contributed by atoms with Crippen molar-refractivity contribution in [2.45, 2.75) is 24.8 Å². The van der Waals surface area contributed by atoms with Crippen LogP contribution in [0.4, 0.5) is 30.7 Å². The van der Waals surface area contributed by atoms with E-state index in [4.69, 9.17) is 16.3 Å². The summed E-state index contributed by atoms with van der Waals surface area (Å²) in [5, 5.41) is 4.07. The number of alkyl halides is 7. The van der Waals surface area contributed by atoms with Gasteiger partial charge >= 0.3 is 24.0 Å². The maximum absolute atomic E-state index is 14.9. The summed E-state index contributed by atoms with van der Waals surface area (Å²) >= 11 is 8.89. The number of carbonyl (C=O) groups is 1. The molecule has 0 N–H and O–H groups in total. The van der Waals surface area contributed by atoms with E-state index in [1.165, 1.54) is 30.6 Å². The second kappa shape index (κ2) is 9.47. The van der Waals surface area contributed by atoms with Gasteiger partial charge in [0.15, 0.2) is 5.82 Å². The van der Waals surface area contributed by atoms with Crippen molar-refractivity contribution in [3.63, 3.8) is 0 Å². The number of rotatable bonds is 6. The van der Waals surface area contributed by atoms with Crippen LogP contribution in [0.3, 0.4) is 0 Å². The Kier molecular flexibility index (Phi) is 7.31. The number of halogens is 9. The van der Waals surface area contributed by atoms with Crippen LogP contribution >= 0.6 is 27.5 Å². The molecule has 0 fully saturated rings. The lowest BCUT2D eigenvalue weighted by molar-refractivity contribution is -0.351. The number of hydrogen-bond donors (Lipinski definition) is 0. The molecule has 15 heteroatoms. The summed E-state index contributed by atoms with van der Waals surface area (Å²) in [6.07, 6.45) is -10.2. The summed E-state index contributed by atoms with van der Waals surface area (Å²) in [5.74, 6) is -1.10. The van der Waals surface area contributed by atoms with Crippen molar-refractivity contribution in [2.75, 3.05) is 14.2 Å². The van der Waals surface area contributed by atoms with Crippen molar-refractivity contribution >= 4 is 33.5 Å². The number of nitrogens with zero attached hydrogens (tertiary/aromatic N) is 3. The molecule has 6 nitrogen and oxygen atoms in total. The number of methoxy groups -OCH3 is 2. The number of carbonyl (C=O) groups excluding carboxylic acids is 1. The fourth-order valence-corrected chi connectivity index (χ4v) is 4.10. The highest BCUT2D eigenvalue weighted by Gasteiger charge is 2.75. The Labute approximate surface area is 206 Å². The summed E-state index contributed by atoms with van der Waals surface area (Å²) in [6.45, 7) is -0.864. The van der Waals surface area contributed by atoms with E-state index >= 15 is 0 Å². The van der Waals surface area contributed by atoms with Crippen LogP contribution in [0.2, 0.25) is 5.02 Å². The highest BCUT2D eigenvalue weighted by atomic mass is 79.9. The molecule has 3 rings (SSSR count). The Morgan fingerprint density at radius 1 is 1.06 bits per heavy atom. The van der Waals surface area contributed by atoms with E-state index in [2.05, 4.69) is 25.8 Å². The van der Waals surface area contributed by atoms with Gasteiger partial charge in [-0.15, -0.1) is 0 Å². The van der Waals surface area contributed by atoms with Gasteiger partial charge in [0.2, 0.25) is 0 Å². The van der Waals surface area contributed by atoms with Gasteiger partial charge in [-0.25, -0.2) is 13.9 Å². The molecule has 3 aromatic rings. The van der Waals surface area contributed by atoms with E-state index in [-0.39, 0.29) is 20.9 Å². The number of hydrogen-bond acceptors (Lipinski definition) is 4. The van der Waals surface area contributed by atoms with E-state index in [0.29, 0.717) is 21.8 Å². The molecule has 0 unspecified atom stereocenters. The standard InChI is InChI=1S/C20H14BrClF7N3O3/c1-34-9-31-15(18(23,19(24,25)26)20(27,28)29)6-13(21)16(31)32-8-11(7-30-32)10-3-4-14(22)12(5-10)17(33)35-2/h3-8H,9H2,1-2H3. The molecule has 190 valence electrons. The molecule has 0 aliphatic rings. The topological polar surface area (TPSA) is 58.3 Å². The van der Waals surface area contributed by atoms with Gasteiger partial charge in [-0.1, -0.05) is 17.7 Å². The lowest BCUT2D eigenvalue weighted by Gasteiger charge is -2.31. The highest BCUT2D eigenvalue weighted by molar-refractivity contribution is 9.10. The van der Waals surface area contributed by atoms with Gasteiger partial charge in [-0.2, -0.15) is 31.4 Å². The third-order valence-corrected chi connectivity index (χ3v) is 5.83. The first-order valence-corrected chi connectivity index (χ1v) is 10.5. The van der Waals surface area contributed by atoms with Crippen molar-refractivity contribution in [3.05, 3.63) is 57.4 Å². The second-order valence-corrected chi connectivity index (χ2v) is 8.32. The number of ether oxygens (including phenoxy) is 2. The first kappa shape index (κ1) is 27.0. The lowest BCUT2D eigenvalue weighted by atomic mass is 10.0. The average molecular weight is 593 g/mol. The van der Waals surface area contributed by atoms with Crippen LogP contribution in [0, 0.1) is 0 Å². The maximum atomic E-state index is 14.9. The smallest absolute Gasteiger partial charge is 0.437 e. The Balaban J connectivity index is 2.19. The molecule has 1 aromatic carbocycles. The molecule has 0 aliphatic heterocycles. The summed E-state index contributed by atoms with van der Waals surface area (Å²) < 4.78 is 106. The van der Waals surface area contributed by atoms with Gasteiger partial charge in [-0.05, 0) is 39.7 Å². The van der Waals surface area contributed by atoms with Crippen molar-refractivity contribution in [3.8, 4) is 16.9 Å². The first-order valence-electron chi connectivity index (χ1n) is 9.31. The minimum absolute atomic E-state index is 0.0169. The fourth-order valence-electron chi connectivity index (χ4n) is 3.29. The van der Waals surface area contributed by atoms with Crippen LogP contribution in [0.5, 0.6) is 0 Å². The van der Waals surface area contributed by atoms with E-state index in [0.717, 1.165) is 18.9 Å². The minimum Gasteiger partial charge on any atom is -0.465 e. The summed E-state index contributed by atoms with van der Waals surface area (Å²) in [7, 11) is 2.16. The third kappa shape index (κ3) is 4.66. The molecule has 2 heterocycles. The summed E-state index contributed by atoms with van der Waals surface area (Å²) in [4.78, 5) is 11.9. The van der Waals surface area contributed by atoms with E-state index in [9.17, 15) is 35.5 Å². The van der Waals surface area contributed by atoms with Crippen LogP contribution in [-0.2, 0) is 21.9 Å². The molecule has 0 atom stereocenters. The predicted octanol–water partition coefficient (Wildman–Crippen LogP) is 6.44. The summed E-state index contributed by atoms with van der Waals surface area (Å²) in [6, 6.07) is 4.63. The fraction of sp³-hybridized carbons (Fsp3) is 0.300. The van der Waals surface area contributed by atoms with Crippen molar-refractivity contribution in [1.29, 1.82) is 0 Å². The van der Waals surface area contributed by atoms with Crippen LogP contribution in [0.1, 0.15) is 16.1 Å². The largest absolute Gasteiger partial charge is 0.465 e. The van der Waals surface area contributed by atoms with Gasteiger partial charge in [0.1, 0.15) is 6.73 Å². The second-order valence-electron chi connectivity index (χ2n) is 7.06. The van der Waals surface area contributed by atoms with Crippen LogP contribution < -0.4 is 0 Å².